The summed E-state index contributed by atoms with van der Waals surface area (Å²) in [6.45, 7) is 0. The molecule has 0 fully saturated rings. The minimum Gasteiger partial charge on any atom is -0.256 e. The lowest BCUT2D eigenvalue weighted by Crippen LogP contribution is -2.29. The summed E-state index contributed by atoms with van der Waals surface area (Å²) in [4.78, 5) is 4.42. The van der Waals surface area contributed by atoms with Gasteiger partial charge in [-0.3, -0.25) is 4.98 Å². The summed E-state index contributed by atoms with van der Waals surface area (Å²) in [5, 5.41) is 2.48. The second-order valence-corrected chi connectivity index (χ2v) is 5.25. The van der Waals surface area contributed by atoms with Gasteiger partial charge in [0, 0.05) is 35.3 Å². The van der Waals surface area contributed by atoms with Gasteiger partial charge >= 0.3 is 0 Å². The predicted molar refractivity (Wildman–Crippen MR) is 88.7 cm³/mol. The molecule has 104 valence electrons. The molecule has 0 spiro atoms. The maximum atomic E-state index is 4.42. The van der Waals surface area contributed by atoms with Crippen molar-refractivity contribution in [3.8, 4) is 16.9 Å². The zero-order chi connectivity index (χ0) is 14.8. The maximum Gasteiger partial charge on any atom is 0.211 e. The summed E-state index contributed by atoms with van der Waals surface area (Å²) in [5.41, 5.74) is 3.25. The molecule has 0 saturated heterocycles. The summed E-state index contributed by atoms with van der Waals surface area (Å²) < 4.78 is 2.15. The van der Waals surface area contributed by atoms with Crippen LogP contribution in [-0.4, -0.2) is 4.98 Å². The van der Waals surface area contributed by atoms with Crippen LogP contribution in [0, 0.1) is 0 Å². The standard InChI is InChI=1S/C20H15N2/c1-2-7-18-15-22(13-11-16(18)6-1)19-9-5-8-17(14-19)20-10-3-4-12-21-20/h1-15H/q+1. The third-order valence-electron chi connectivity index (χ3n) is 3.79. The van der Waals surface area contributed by atoms with E-state index >= 15 is 0 Å². The lowest BCUT2D eigenvalue weighted by molar-refractivity contribution is -0.594. The number of rotatable bonds is 2. The SMILES string of the molecule is c1ccc(-c2cccc(-[n+]3ccc4ccccc4c3)c2)nc1. The van der Waals surface area contributed by atoms with Crippen LogP contribution in [0.1, 0.15) is 0 Å². The van der Waals surface area contributed by atoms with E-state index in [4.69, 9.17) is 0 Å². The van der Waals surface area contributed by atoms with Crippen molar-refractivity contribution in [3.05, 3.63) is 91.4 Å². The number of nitrogens with zero attached hydrogens (tertiary/aromatic N) is 2. The Morgan fingerprint density at radius 3 is 2.45 bits per heavy atom. The number of hydrogen-bond acceptors (Lipinski definition) is 1. The highest BCUT2D eigenvalue weighted by molar-refractivity contribution is 5.80. The molecule has 0 saturated carbocycles. The van der Waals surface area contributed by atoms with E-state index in [1.54, 1.807) is 0 Å². The average Bonchev–Trinajstić information content (AvgIpc) is 2.62. The van der Waals surface area contributed by atoms with Crippen molar-refractivity contribution in [3.63, 3.8) is 0 Å². The predicted octanol–water partition coefficient (Wildman–Crippen LogP) is 4.18. The highest BCUT2D eigenvalue weighted by Gasteiger charge is 2.09. The molecule has 2 aromatic heterocycles. The molecule has 4 rings (SSSR count). The van der Waals surface area contributed by atoms with E-state index in [2.05, 4.69) is 76.5 Å². The van der Waals surface area contributed by atoms with E-state index in [1.807, 2.05) is 24.4 Å². The minimum atomic E-state index is 0.991. The van der Waals surface area contributed by atoms with Crippen molar-refractivity contribution in [2.75, 3.05) is 0 Å². The van der Waals surface area contributed by atoms with Crippen molar-refractivity contribution in [2.24, 2.45) is 0 Å². The number of hydrogen-bond donors (Lipinski definition) is 0. The van der Waals surface area contributed by atoms with Gasteiger partial charge in [-0.1, -0.05) is 36.4 Å². The summed E-state index contributed by atoms with van der Waals surface area (Å²) in [6, 6.07) is 25.0. The van der Waals surface area contributed by atoms with E-state index in [9.17, 15) is 0 Å². The normalized spacial score (nSPS) is 10.7. The van der Waals surface area contributed by atoms with Crippen LogP contribution in [0.25, 0.3) is 27.7 Å². The summed E-state index contributed by atoms with van der Waals surface area (Å²) in [7, 11) is 0. The average molecular weight is 283 g/mol. The number of fused-ring (bicyclic) bond motifs is 1. The topological polar surface area (TPSA) is 16.8 Å². The van der Waals surface area contributed by atoms with Crippen molar-refractivity contribution in [1.82, 2.24) is 4.98 Å². The third-order valence-corrected chi connectivity index (χ3v) is 3.79. The first kappa shape index (κ1) is 12.7. The van der Waals surface area contributed by atoms with Crippen LogP contribution in [0.3, 0.4) is 0 Å². The third kappa shape index (κ3) is 2.35. The van der Waals surface area contributed by atoms with E-state index in [1.165, 1.54) is 10.8 Å². The molecule has 0 atom stereocenters. The molecule has 0 aliphatic carbocycles. The molecule has 0 unspecified atom stereocenters. The van der Waals surface area contributed by atoms with Crippen molar-refractivity contribution < 1.29 is 4.57 Å². The van der Waals surface area contributed by atoms with Gasteiger partial charge in [0.2, 0.25) is 5.69 Å². The van der Waals surface area contributed by atoms with Gasteiger partial charge < -0.3 is 0 Å². The van der Waals surface area contributed by atoms with Gasteiger partial charge in [0.25, 0.3) is 0 Å². The molecule has 2 heterocycles. The fraction of sp³-hybridized carbons (Fsp3) is 0. The summed E-state index contributed by atoms with van der Waals surface area (Å²) in [5.74, 6) is 0. The largest absolute Gasteiger partial charge is 0.256 e. The molecular weight excluding hydrogens is 268 g/mol. The van der Waals surface area contributed by atoms with Crippen LogP contribution in [0.4, 0.5) is 0 Å². The number of benzene rings is 2. The number of aromatic nitrogens is 2. The first-order valence-electron chi connectivity index (χ1n) is 7.32. The van der Waals surface area contributed by atoms with Crippen LogP contribution in [0.15, 0.2) is 91.4 Å². The Kier molecular flexibility index (Phi) is 3.13. The van der Waals surface area contributed by atoms with E-state index in [0.29, 0.717) is 0 Å². The van der Waals surface area contributed by atoms with Crippen LogP contribution >= 0.6 is 0 Å². The fourth-order valence-electron chi connectivity index (χ4n) is 2.65. The van der Waals surface area contributed by atoms with Crippen molar-refractivity contribution in [1.29, 1.82) is 0 Å². The molecule has 0 N–H and O–H groups in total. The van der Waals surface area contributed by atoms with Gasteiger partial charge in [-0.05, 0) is 23.6 Å². The molecule has 2 aromatic carbocycles. The Labute approximate surface area is 129 Å². The van der Waals surface area contributed by atoms with Crippen LogP contribution in [-0.2, 0) is 0 Å². The first-order chi connectivity index (χ1) is 10.9. The molecule has 0 bridgehead atoms. The molecule has 4 aromatic rings. The summed E-state index contributed by atoms with van der Waals surface area (Å²) in [6.07, 6.45) is 6.08. The Hall–Kier alpha value is -3.00. The Balaban J connectivity index is 1.81. The van der Waals surface area contributed by atoms with Crippen LogP contribution in [0.2, 0.25) is 0 Å². The Morgan fingerprint density at radius 2 is 1.59 bits per heavy atom. The molecule has 2 heteroatoms. The Morgan fingerprint density at radius 1 is 0.727 bits per heavy atom. The fourth-order valence-corrected chi connectivity index (χ4v) is 2.65. The number of pyridine rings is 2. The van der Waals surface area contributed by atoms with E-state index in [0.717, 1.165) is 16.9 Å². The second-order valence-electron chi connectivity index (χ2n) is 5.25. The van der Waals surface area contributed by atoms with E-state index in [-0.39, 0.29) is 0 Å². The lowest BCUT2D eigenvalue weighted by Gasteiger charge is -2.02. The van der Waals surface area contributed by atoms with Gasteiger partial charge in [0.1, 0.15) is 0 Å². The van der Waals surface area contributed by atoms with Crippen molar-refractivity contribution in [2.45, 2.75) is 0 Å². The van der Waals surface area contributed by atoms with Gasteiger partial charge in [-0.2, -0.15) is 4.57 Å². The molecule has 0 aliphatic rings. The molecule has 2 nitrogen and oxygen atoms in total. The smallest absolute Gasteiger partial charge is 0.211 e. The van der Waals surface area contributed by atoms with Crippen LogP contribution in [0.5, 0.6) is 0 Å². The maximum absolute atomic E-state index is 4.42. The van der Waals surface area contributed by atoms with Gasteiger partial charge in [0.05, 0.1) is 5.69 Å². The second kappa shape index (κ2) is 5.41. The molecule has 0 amide bonds. The monoisotopic (exact) mass is 283 g/mol. The zero-order valence-corrected chi connectivity index (χ0v) is 12.1. The molecule has 22 heavy (non-hydrogen) atoms. The quantitative estimate of drug-likeness (QED) is 0.504. The highest BCUT2D eigenvalue weighted by atomic mass is 14.9. The van der Waals surface area contributed by atoms with E-state index < -0.39 is 0 Å². The first-order valence-corrected chi connectivity index (χ1v) is 7.32. The zero-order valence-electron chi connectivity index (χ0n) is 12.1. The van der Waals surface area contributed by atoms with Crippen molar-refractivity contribution >= 4 is 10.8 Å². The Bertz CT molecular complexity index is 930. The highest BCUT2D eigenvalue weighted by Crippen LogP contribution is 2.18. The molecule has 0 aliphatic heterocycles. The molecule has 0 radical (unpaired) electrons. The molecular formula is C20H15N2+. The minimum absolute atomic E-state index is 0.991. The van der Waals surface area contributed by atoms with Gasteiger partial charge in [-0.15, -0.1) is 0 Å². The van der Waals surface area contributed by atoms with Gasteiger partial charge in [-0.25, -0.2) is 0 Å². The van der Waals surface area contributed by atoms with Gasteiger partial charge in [0.15, 0.2) is 12.4 Å². The lowest BCUT2D eigenvalue weighted by atomic mass is 10.1. The van der Waals surface area contributed by atoms with Crippen LogP contribution < -0.4 is 4.57 Å². The summed E-state index contributed by atoms with van der Waals surface area (Å²) >= 11 is 0.